The molecule has 1 amide bonds. The van der Waals surface area contributed by atoms with Gasteiger partial charge in [0.05, 0.1) is 29.0 Å². The molecule has 158 valence electrons. The van der Waals surface area contributed by atoms with Gasteiger partial charge in [0.1, 0.15) is 0 Å². The second-order valence-electron chi connectivity index (χ2n) is 7.86. The summed E-state index contributed by atoms with van der Waals surface area (Å²) in [6, 6.07) is 9.58. The number of aryl methyl sites for hydroxylation is 3. The van der Waals surface area contributed by atoms with Crippen molar-refractivity contribution in [1.82, 2.24) is 24.6 Å². The lowest BCUT2D eigenvalue weighted by Gasteiger charge is -2.27. The highest BCUT2D eigenvalue weighted by Crippen LogP contribution is 2.18. The van der Waals surface area contributed by atoms with Crippen molar-refractivity contribution < 1.29 is 4.79 Å². The smallest absolute Gasteiger partial charge is 0.294 e. The average molecular weight is 409 g/mol. The summed E-state index contributed by atoms with van der Waals surface area (Å²) >= 11 is 0. The summed E-state index contributed by atoms with van der Waals surface area (Å²) in [6.07, 6.45) is 3.56. The highest BCUT2D eigenvalue weighted by molar-refractivity contribution is 5.78. The molecule has 1 aliphatic heterocycles. The third-order valence-corrected chi connectivity index (χ3v) is 5.62. The summed E-state index contributed by atoms with van der Waals surface area (Å²) < 4.78 is 3.46. The van der Waals surface area contributed by atoms with Crippen LogP contribution in [0, 0.1) is 6.92 Å². The number of hydrogen-bond acceptors (Lipinski definition) is 5. The predicted molar refractivity (Wildman–Crippen MR) is 116 cm³/mol. The maximum atomic E-state index is 13.2. The Morgan fingerprint density at radius 2 is 1.93 bits per heavy atom. The molecule has 3 heterocycles. The van der Waals surface area contributed by atoms with Gasteiger partial charge in [-0.25, -0.2) is 4.98 Å². The monoisotopic (exact) mass is 408 g/mol. The number of nitrogens with zero attached hydrogens (tertiary/aromatic N) is 5. The van der Waals surface area contributed by atoms with Crippen LogP contribution in [0.1, 0.15) is 37.1 Å². The van der Waals surface area contributed by atoms with E-state index in [1.165, 1.54) is 6.42 Å². The Bertz CT molecular complexity index is 1110. The molecule has 0 bridgehead atoms. The zero-order valence-electron chi connectivity index (χ0n) is 17.6. The zero-order valence-corrected chi connectivity index (χ0v) is 17.6. The highest BCUT2D eigenvalue weighted by atomic mass is 16.2. The van der Waals surface area contributed by atoms with E-state index in [4.69, 9.17) is 0 Å². The van der Waals surface area contributed by atoms with Crippen molar-refractivity contribution in [2.24, 2.45) is 7.05 Å². The molecule has 1 aromatic carbocycles. The van der Waals surface area contributed by atoms with E-state index in [-0.39, 0.29) is 17.9 Å². The lowest BCUT2D eigenvalue weighted by atomic mass is 10.1. The van der Waals surface area contributed by atoms with Gasteiger partial charge in [0.15, 0.2) is 5.82 Å². The van der Waals surface area contributed by atoms with E-state index < -0.39 is 0 Å². The number of rotatable bonds is 6. The van der Waals surface area contributed by atoms with Crippen molar-refractivity contribution >= 4 is 22.8 Å². The Labute approximate surface area is 175 Å². The standard InChI is InChI=1S/C22H28N6O2/c1-16-14-17(26(2)25-16)15-23-20(29)10-13-28-19-9-5-4-8-18(19)24-21(22(28)30)27-11-6-3-7-12-27/h4-5,8-9,14H,3,6-7,10-13,15H2,1-2H3,(H,23,29). The number of benzene rings is 1. The molecule has 3 aromatic rings. The third-order valence-electron chi connectivity index (χ3n) is 5.62. The Kier molecular flexibility index (Phi) is 5.83. The first kappa shape index (κ1) is 20.1. The summed E-state index contributed by atoms with van der Waals surface area (Å²) in [5.41, 5.74) is 3.29. The van der Waals surface area contributed by atoms with Crippen LogP contribution in [0.3, 0.4) is 0 Å². The van der Waals surface area contributed by atoms with Crippen LogP contribution < -0.4 is 15.8 Å². The van der Waals surface area contributed by atoms with Crippen LogP contribution >= 0.6 is 0 Å². The minimum atomic E-state index is -0.120. The van der Waals surface area contributed by atoms with Gasteiger partial charge in [-0.2, -0.15) is 5.10 Å². The second kappa shape index (κ2) is 8.69. The SMILES string of the molecule is Cc1cc(CNC(=O)CCn2c(=O)c(N3CCCCC3)nc3ccccc32)n(C)n1. The summed E-state index contributed by atoms with van der Waals surface area (Å²) in [5, 5.41) is 7.22. The quantitative estimate of drug-likeness (QED) is 0.675. The second-order valence-corrected chi connectivity index (χ2v) is 7.86. The number of carbonyl (C=O) groups is 1. The van der Waals surface area contributed by atoms with Gasteiger partial charge in [0.2, 0.25) is 5.91 Å². The number of para-hydroxylation sites is 2. The van der Waals surface area contributed by atoms with Crippen molar-refractivity contribution in [2.45, 2.75) is 45.7 Å². The molecular formula is C22H28N6O2. The molecular weight excluding hydrogens is 380 g/mol. The number of anilines is 1. The molecule has 1 aliphatic rings. The van der Waals surface area contributed by atoms with Gasteiger partial charge in [-0.05, 0) is 44.4 Å². The summed E-state index contributed by atoms with van der Waals surface area (Å²) in [4.78, 5) is 32.4. The van der Waals surface area contributed by atoms with Gasteiger partial charge < -0.3 is 14.8 Å². The Morgan fingerprint density at radius 3 is 2.67 bits per heavy atom. The van der Waals surface area contributed by atoms with Gasteiger partial charge in [0.25, 0.3) is 5.56 Å². The summed E-state index contributed by atoms with van der Waals surface area (Å²) in [7, 11) is 1.86. The molecule has 4 rings (SSSR count). The van der Waals surface area contributed by atoms with Gasteiger partial charge in [0, 0.05) is 33.1 Å². The van der Waals surface area contributed by atoms with E-state index in [1.807, 2.05) is 44.3 Å². The van der Waals surface area contributed by atoms with Crippen LogP contribution in [0.4, 0.5) is 5.82 Å². The minimum Gasteiger partial charge on any atom is -0.352 e. The molecule has 2 aromatic heterocycles. The van der Waals surface area contributed by atoms with Gasteiger partial charge >= 0.3 is 0 Å². The first-order valence-corrected chi connectivity index (χ1v) is 10.5. The third kappa shape index (κ3) is 4.22. The molecule has 8 nitrogen and oxygen atoms in total. The van der Waals surface area contributed by atoms with E-state index in [0.29, 0.717) is 18.9 Å². The maximum absolute atomic E-state index is 13.2. The van der Waals surface area contributed by atoms with Crippen LogP contribution in [-0.4, -0.2) is 38.3 Å². The van der Waals surface area contributed by atoms with Crippen LogP contribution in [0.2, 0.25) is 0 Å². The lowest BCUT2D eigenvalue weighted by molar-refractivity contribution is -0.121. The zero-order chi connectivity index (χ0) is 21.1. The molecule has 0 aliphatic carbocycles. The lowest BCUT2D eigenvalue weighted by Crippen LogP contribution is -2.37. The van der Waals surface area contributed by atoms with Crippen LogP contribution in [0.5, 0.6) is 0 Å². The number of carbonyl (C=O) groups excluding carboxylic acids is 1. The molecule has 0 radical (unpaired) electrons. The van der Waals surface area contributed by atoms with Gasteiger partial charge in [-0.1, -0.05) is 12.1 Å². The van der Waals surface area contributed by atoms with Crippen molar-refractivity contribution in [3.63, 3.8) is 0 Å². The highest BCUT2D eigenvalue weighted by Gasteiger charge is 2.19. The minimum absolute atomic E-state index is 0.0961. The van der Waals surface area contributed by atoms with Crippen LogP contribution in [0.15, 0.2) is 35.1 Å². The molecule has 1 fully saturated rings. The first-order valence-electron chi connectivity index (χ1n) is 10.5. The first-order chi connectivity index (χ1) is 14.5. The van der Waals surface area contributed by atoms with Crippen molar-refractivity contribution in [3.8, 4) is 0 Å². The number of fused-ring (bicyclic) bond motifs is 1. The molecule has 1 N–H and O–H groups in total. The Morgan fingerprint density at radius 1 is 1.17 bits per heavy atom. The van der Waals surface area contributed by atoms with E-state index >= 15 is 0 Å². The fraction of sp³-hybridized carbons (Fsp3) is 0.455. The molecule has 30 heavy (non-hydrogen) atoms. The van der Waals surface area contributed by atoms with E-state index in [9.17, 15) is 9.59 Å². The normalized spacial score (nSPS) is 14.3. The number of amides is 1. The summed E-state index contributed by atoms with van der Waals surface area (Å²) in [6.45, 7) is 4.36. The van der Waals surface area contributed by atoms with Gasteiger partial charge in [-0.3, -0.25) is 14.3 Å². The number of piperidine rings is 1. The molecule has 1 saturated heterocycles. The average Bonchev–Trinajstić information content (AvgIpc) is 3.08. The van der Waals surface area contributed by atoms with Gasteiger partial charge in [-0.15, -0.1) is 0 Å². The molecule has 0 spiro atoms. The summed E-state index contributed by atoms with van der Waals surface area (Å²) in [5.74, 6) is 0.403. The number of nitrogens with one attached hydrogen (secondary N) is 1. The Hall–Kier alpha value is -3.16. The van der Waals surface area contributed by atoms with E-state index in [0.717, 1.165) is 48.4 Å². The molecule has 0 unspecified atom stereocenters. The number of hydrogen-bond donors (Lipinski definition) is 1. The van der Waals surface area contributed by atoms with Crippen molar-refractivity contribution in [3.05, 3.63) is 52.1 Å². The maximum Gasteiger partial charge on any atom is 0.294 e. The number of aromatic nitrogens is 4. The predicted octanol–water partition coefficient (Wildman–Crippen LogP) is 2.14. The van der Waals surface area contributed by atoms with Crippen LogP contribution in [0.25, 0.3) is 11.0 Å². The van der Waals surface area contributed by atoms with Crippen LogP contribution in [-0.2, 0) is 24.9 Å². The van der Waals surface area contributed by atoms with E-state index in [1.54, 1.807) is 9.25 Å². The molecule has 8 heteroatoms. The Balaban J connectivity index is 1.52. The van der Waals surface area contributed by atoms with Crippen molar-refractivity contribution in [2.75, 3.05) is 18.0 Å². The molecule has 0 saturated carbocycles. The molecule has 0 atom stereocenters. The fourth-order valence-corrected chi connectivity index (χ4v) is 4.03. The fourth-order valence-electron chi connectivity index (χ4n) is 4.03. The van der Waals surface area contributed by atoms with Crippen molar-refractivity contribution in [1.29, 1.82) is 0 Å². The van der Waals surface area contributed by atoms with E-state index in [2.05, 4.69) is 20.3 Å². The largest absolute Gasteiger partial charge is 0.352 e. The topological polar surface area (TPSA) is 85.0 Å².